The van der Waals surface area contributed by atoms with Crippen LogP contribution in [-0.2, 0) is 4.74 Å². The summed E-state index contributed by atoms with van der Waals surface area (Å²) in [5, 5.41) is 13.8. The number of nitrogens with one attached hydrogen (secondary N) is 1. The largest absolute Gasteiger partial charge is 0.494 e. The van der Waals surface area contributed by atoms with Crippen LogP contribution in [0, 0.1) is 5.82 Å². The molecule has 1 aliphatic heterocycles. The molecule has 2 N–H and O–H groups in total. The second-order valence-corrected chi connectivity index (χ2v) is 7.76. The maximum Gasteiger partial charge on any atom is 0.356 e. The zero-order chi connectivity index (χ0) is 21.3. The zero-order valence-corrected chi connectivity index (χ0v) is 17.4. The number of pyridine rings is 1. The van der Waals surface area contributed by atoms with Crippen molar-refractivity contribution in [2.45, 2.75) is 19.4 Å². The number of ether oxygens (including phenoxy) is 2. The van der Waals surface area contributed by atoms with E-state index >= 15 is 0 Å². The first kappa shape index (κ1) is 20.4. The fourth-order valence-electron chi connectivity index (χ4n) is 3.55. The van der Waals surface area contributed by atoms with Crippen molar-refractivity contribution in [1.29, 1.82) is 0 Å². The van der Waals surface area contributed by atoms with Gasteiger partial charge in [-0.3, -0.25) is 0 Å². The van der Waals surface area contributed by atoms with Gasteiger partial charge in [0.2, 0.25) is 0 Å². The molecule has 0 bridgehead atoms. The lowest BCUT2D eigenvalue weighted by molar-refractivity contribution is 0.0518. The minimum Gasteiger partial charge on any atom is -0.494 e. The first-order valence-electron chi connectivity index (χ1n) is 9.55. The van der Waals surface area contributed by atoms with E-state index in [4.69, 9.17) is 9.47 Å². The highest BCUT2D eigenvalue weighted by Crippen LogP contribution is 2.40. The average Bonchev–Trinajstić information content (AvgIpc) is 3.40. The van der Waals surface area contributed by atoms with E-state index in [2.05, 4.69) is 9.97 Å². The normalized spacial score (nSPS) is 14.6. The number of aromatic nitrogens is 2. The molecule has 3 aromatic rings. The van der Waals surface area contributed by atoms with Crippen LogP contribution >= 0.6 is 11.8 Å². The highest BCUT2D eigenvalue weighted by Gasteiger charge is 2.26. The van der Waals surface area contributed by atoms with E-state index in [1.54, 1.807) is 36.9 Å². The number of allylic oxidation sites excluding steroid dienone is 1. The molecule has 8 heteroatoms. The lowest BCUT2D eigenvalue weighted by Crippen LogP contribution is -2.11. The van der Waals surface area contributed by atoms with Gasteiger partial charge in [-0.1, -0.05) is 6.07 Å². The minimum absolute atomic E-state index is 0.110. The van der Waals surface area contributed by atoms with Crippen LogP contribution in [0.5, 0.6) is 5.75 Å². The van der Waals surface area contributed by atoms with Crippen molar-refractivity contribution in [1.82, 2.24) is 9.97 Å². The summed E-state index contributed by atoms with van der Waals surface area (Å²) in [6.07, 6.45) is -0.338. The quantitative estimate of drug-likeness (QED) is 0.565. The smallest absolute Gasteiger partial charge is 0.356 e. The lowest BCUT2D eigenvalue weighted by Gasteiger charge is -2.14. The molecule has 0 aliphatic carbocycles. The molecule has 0 amide bonds. The number of benzene rings is 1. The van der Waals surface area contributed by atoms with Gasteiger partial charge in [-0.05, 0) is 42.5 Å². The SMILES string of the molecule is CCOC(=O)c1cccc(C(O)c2c(C3=CSCC3)[nH]c3cc(OC)c(F)cc23)n1. The number of aromatic amines is 1. The van der Waals surface area contributed by atoms with Crippen molar-refractivity contribution < 1.29 is 23.8 Å². The van der Waals surface area contributed by atoms with Gasteiger partial charge < -0.3 is 19.6 Å². The predicted octanol–water partition coefficient (Wildman–Crippen LogP) is 4.45. The molecular weight excluding hydrogens is 407 g/mol. The Morgan fingerprint density at radius 2 is 2.23 bits per heavy atom. The summed E-state index contributed by atoms with van der Waals surface area (Å²) in [5.74, 6) is -0.0222. The topological polar surface area (TPSA) is 84.4 Å². The molecule has 3 heterocycles. The number of methoxy groups -OCH3 is 1. The van der Waals surface area contributed by atoms with E-state index < -0.39 is 17.9 Å². The minimum atomic E-state index is -1.16. The van der Waals surface area contributed by atoms with Gasteiger partial charge in [0.25, 0.3) is 0 Å². The monoisotopic (exact) mass is 428 g/mol. The van der Waals surface area contributed by atoms with Crippen LogP contribution < -0.4 is 4.74 Å². The van der Waals surface area contributed by atoms with Crippen molar-refractivity contribution in [3.8, 4) is 5.75 Å². The molecule has 156 valence electrons. The maximum absolute atomic E-state index is 14.5. The van der Waals surface area contributed by atoms with Crippen molar-refractivity contribution >= 4 is 34.2 Å². The maximum atomic E-state index is 14.5. The van der Waals surface area contributed by atoms with Gasteiger partial charge in [-0.15, -0.1) is 11.8 Å². The number of aliphatic hydroxyl groups excluding tert-OH is 1. The zero-order valence-electron chi connectivity index (χ0n) is 16.6. The fourth-order valence-corrected chi connectivity index (χ4v) is 4.44. The lowest BCUT2D eigenvalue weighted by atomic mass is 9.97. The summed E-state index contributed by atoms with van der Waals surface area (Å²) < 4.78 is 24.6. The number of hydrogen-bond donors (Lipinski definition) is 2. The Morgan fingerprint density at radius 1 is 1.40 bits per heavy atom. The average molecular weight is 428 g/mol. The molecule has 30 heavy (non-hydrogen) atoms. The molecule has 0 spiro atoms. The third-order valence-electron chi connectivity index (χ3n) is 4.96. The second kappa shape index (κ2) is 8.49. The van der Waals surface area contributed by atoms with Crippen LogP contribution in [0.25, 0.3) is 16.5 Å². The summed E-state index contributed by atoms with van der Waals surface area (Å²) in [7, 11) is 1.41. The summed E-state index contributed by atoms with van der Waals surface area (Å²) in [4.78, 5) is 19.7. The molecule has 1 aromatic carbocycles. The predicted molar refractivity (Wildman–Crippen MR) is 114 cm³/mol. The molecular formula is C22H21FN2O4S. The van der Waals surface area contributed by atoms with Crippen molar-refractivity contribution in [3.63, 3.8) is 0 Å². The molecule has 6 nitrogen and oxygen atoms in total. The fraction of sp³-hybridized carbons (Fsp3) is 0.273. The Bertz CT molecular complexity index is 1140. The Kier molecular flexibility index (Phi) is 5.78. The number of thioether (sulfide) groups is 1. The first-order chi connectivity index (χ1) is 14.5. The molecule has 0 fully saturated rings. The third kappa shape index (κ3) is 3.68. The van der Waals surface area contributed by atoms with Crippen LogP contribution in [0.3, 0.4) is 0 Å². The number of carbonyl (C=O) groups excluding carboxylic acids is 1. The highest BCUT2D eigenvalue weighted by molar-refractivity contribution is 8.02. The number of carbonyl (C=O) groups is 1. The van der Waals surface area contributed by atoms with E-state index in [1.165, 1.54) is 19.2 Å². The molecule has 1 atom stereocenters. The number of fused-ring (bicyclic) bond motifs is 1. The molecule has 4 rings (SSSR count). The van der Waals surface area contributed by atoms with Gasteiger partial charge in [0.15, 0.2) is 11.6 Å². The van der Waals surface area contributed by atoms with E-state index in [1.807, 2.05) is 5.41 Å². The van der Waals surface area contributed by atoms with Gasteiger partial charge in [0.05, 0.1) is 24.9 Å². The number of H-pyrrole nitrogens is 1. The molecule has 1 unspecified atom stereocenters. The third-order valence-corrected chi connectivity index (χ3v) is 5.85. The number of esters is 1. The van der Waals surface area contributed by atoms with Gasteiger partial charge in [0.1, 0.15) is 11.8 Å². The Morgan fingerprint density at radius 3 is 2.93 bits per heavy atom. The van der Waals surface area contributed by atoms with E-state index in [-0.39, 0.29) is 23.7 Å². The highest BCUT2D eigenvalue weighted by atomic mass is 32.2. The van der Waals surface area contributed by atoms with Crippen LogP contribution in [0.15, 0.2) is 35.7 Å². The number of nitrogens with zero attached hydrogens (tertiary/aromatic N) is 1. The van der Waals surface area contributed by atoms with Crippen molar-refractivity contribution in [2.75, 3.05) is 19.5 Å². The van der Waals surface area contributed by atoms with Gasteiger partial charge >= 0.3 is 5.97 Å². The summed E-state index contributed by atoms with van der Waals surface area (Å²) in [5.41, 5.74) is 3.33. The van der Waals surface area contributed by atoms with Crippen LogP contribution in [-0.4, -0.2) is 40.5 Å². The summed E-state index contributed by atoms with van der Waals surface area (Å²) in [6.45, 7) is 1.94. The molecule has 0 saturated heterocycles. The van der Waals surface area contributed by atoms with E-state index in [0.717, 1.165) is 23.4 Å². The molecule has 1 aliphatic rings. The van der Waals surface area contributed by atoms with Gasteiger partial charge in [-0.2, -0.15) is 0 Å². The summed E-state index contributed by atoms with van der Waals surface area (Å²) in [6, 6.07) is 7.74. The standard InChI is InChI=1S/C22H21FN2O4S/c1-3-29-22(27)16-6-4-5-15(24-16)21(26)19-13-9-14(23)18(28-2)10-17(13)25-20(19)12-7-8-30-11-12/h4-6,9-11,21,25-26H,3,7-8H2,1-2H3. The van der Waals surface area contributed by atoms with Gasteiger partial charge in [0, 0.05) is 28.5 Å². The number of halogens is 1. The number of rotatable bonds is 6. The first-order valence-corrected chi connectivity index (χ1v) is 10.6. The van der Waals surface area contributed by atoms with Crippen molar-refractivity contribution in [2.24, 2.45) is 0 Å². The molecule has 0 radical (unpaired) electrons. The summed E-state index contributed by atoms with van der Waals surface area (Å²) >= 11 is 1.69. The van der Waals surface area contributed by atoms with E-state index in [0.29, 0.717) is 16.5 Å². The van der Waals surface area contributed by atoms with Crippen LogP contribution in [0.1, 0.15) is 46.9 Å². The molecule has 0 saturated carbocycles. The van der Waals surface area contributed by atoms with Crippen LogP contribution in [0.4, 0.5) is 4.39 Å². The Labute approximate surface area is 177 Å². The number of aliphatic hydroxyl groups is 1. The second-order valence-electron chi connectivity index (χ2n) is 6.78. The Balaban J connectivity index is 1.86. The Hall–Kier alpha value is -2.84. The molecule has 2 aromatic heterocycles. The number of hydrogen-bond acceptors (Lipinski definition) is 6. The van der Waals surface area contributed by atoms with Crippen LogP contribution in [0.2, 0.25) is 0 Å². The van der Waals surface area contributed by atoms with Gasteiger partial charge in [-0.25, -0.2) is 14.2 Å². The van der Waals surface area contributed by atoms with Crippen molar-refractivity contribution in [3.05, 3.63) is 64.2 Å². The van der Waals surface area contributed by atoms with E-state index in [9.17, 15) is 14.3 Å².